The van der Waals surface area contributed by atoms with Crippen molar-refractivity contribution in [2.75, 3.05) is 21.3 Å². The molecule has 0 aliphatic rings. The predicted octanol–water partition coefficient (Wildman–Crippen LogP) is 3.09. The van der Waals surface area contributed by atoms with Gasteiger partial charge >= 0.3 is 5.97 Å². The number of aromatic nitrogens is 1. The highest BCUT2D eigenvalue weighted by atomic mass is 16.5. The van der Waals surface area contributed by atoms with Crippen molar-refractivity contribution in [1.82, 2.24) is 10.4 Å². The summed E-state index contributed by atoms with van der Waals surface area (Å²) in [5.74, 6) is 0.473. The van der Waals surface area contributed by atoms with Gasteiger partial charge in [0, 0.05) is 18.0 Å². The molecule has 0 spiro atoms. The van der Waals surface area contributed by atoms with Gasteiger partial charge in [-0.1, -0.05) is 0 Å². The second-order valence-electron chi connectivity index (χ2n) is 6.31. The Hall–Kier alpha value is -4.40. The van der Waals surface area contributed by atoms with Crippen LogP contribution in [-0.4, -0.2) is 44.4 Å². The number of carbonyl (C=O) groups is 2. The Balaban J connectivity index is 1.64. The highest BCUT2D eigenvalue weighted by Gasteiger charge is 2.18. The number of carbonyl (C=O) groups excluding carboxylic acids is 2. The first-order chi connectivity index (χ1) is 15.5. The van der Waals surface area contributed by atoms with E-state index in [0.29, 0.717) is 34.1 Å². The van der Waals surface area contributed by atoms with Gasteiger partial charge in [-0.05, 0) is 54.1 Å². The molecule has 2 aromatic carbocycles. The van der Waals surface area contributed by atoms with E-state index in [9.17, 15) is 9.59 Å². The molecule has 3 aromatic rings. The minimum atomic E-state index is -0.588. The molecule has 32 heavy (non-hydrogen) atoms. The van der Waals surface area contributed by atoms with Gasteiger partial charge in [-0.2, -0.15) is 5.10 Å². The number of esters is 1. The van der Waals surface area contributed by atoms with Crippen LogP contribution in [0.2, 0.25) is 0 Å². The van der Waals surface area contributed by atoms with Crippen LogP contribution in [0.25, 0.3) is 0 Å². The second kappa shape index (κ2) is 10.6. The number of hydrazone groups is 1. The van der Waals surface area contributed by atoms with Crippen molar-refractivity contribution < 1.29 is 28.5 Å². The number of ether oxygens (including phenoxy) is 4. The molecule has 0 saturated carbocycles. The zero-order valence-electron chi connectivity index (χ0n) is 17.7. The van der Waals surface area contributed by atoms with Crippen LogP contribution in [0.4, 0.5) is 0 Å². The first-order valence-electron chi connectivity index (χ1n) is 9.41. The summed E-state index contributed by atoms with van der Waals surface area (Å²) in [5.41, 5.74) is 3.82. The largest absolute Gasteiger partial charge is 0.493 e. The molecular weight excluding hydrogens is 414 g/mol. The number of nitrogens with one attached hydrogen (secondary N) is 1. The van der Waals surface area contributed by atoms with Gasteiger partial charge in [-0.15, -0.1) is 0 Å². The average molecular weight is 435 g/mol. The lowest BCUT2D eigenvalue weighted by atomic mass is 10.2. The summed E-state index contributed by atoms with van der Waals surface area (Å²) >= 11 is 0. The molecule has 0 bridgehead atoms. The molecule has 9 nitrogen and oxygen atoms in total. The van der Waals surface area contributed by atoms with E-state index in [1.54, 1.807) is 36.4 Å². The lowest BCUT2D eigenvalue weighted by Gasteiger charge is -2.13. The van der Waals surface area contributed by atoms with Crippen molar-refractivity contribution in [2.24, 2.45) is 5.10 Å². The lowest BCUT2D eigenvalue weighted by Crippen LogP contribution is -2.17. The summed E-state index contributed by atoms with van der Waals surface area (Å²) < 4.78 is 21.2. The fourth-order valence-corrected chi connectivity index (χ4v) is 2.72. The molecule has 3 rings (SSSR count). The topological polar surface area (TPSA) is 108 Å². The molecule has 0 unspecified atom stereocenters. The molecule has 1 amide bonds. The van der Waals surface area contributed by atoms with Crippen LogP contribution in [0, 0.1) is 0 Å². The lowest BCUT2D eigenvalue weighted by molar-refractivity contribution is 0.0733. The first kappa shape index (κ1) is 22.3. The zero-order valence-corrected chi connectivity index (χ0v) is 17.7. The number of nitrogens with zero attached hydrogens (tertiary/aromatic N) is 2. The third-order valence-electron chi connectivity index (χ3n) is 4.31. The number of pyridine rings is 1. The highest BCUT2D eigenvalue weighted by molar-refractivity contribution is 5.95. The van der Waals surface area contributed by atoms with Crippen LogP contribution in [0.15, 0.2) is 66.0 Å². The molecule has 0 aliphatic carbocycles. The molecule has 1 N–H and O–H groups in total. The van der Waals surface area contributed by atoms with E-state index in [1.807, 2.05) is 0 Å². The number of hydrogen-bond donors (Lipinski definition) is 1. The molecule has 0 saturated heterocycles. The minimum Gasteiger partial charge on any atom is -0.493 e. The summed E-state index contributed by atoms with van der Waals surface area (Å²) in [4.78, 5) is 28.4. The molecule has 0 atom stereocenters. The van der Waals surface area contributed by atoms with E-state index in [-0.39, 0.29) is 11.5 Å². The predicted molar refractivity (Wildman–Crippen MR) is 117 cm³/mol. The van der Waals surface area contributed by atoms with Gasteiger partial charge in [0.2, 0.25) is 5.75 Å². The fraction of sp³-hybridized carbons (Fsp3) is 0.130. The normalized spacial score (nSPS) is 10.5. The molecule has 0 aliphatic heterocycles. The maximum atomic E-state index is 12.6. The van der Waals surface area contributed by atoms with E-state index < -0.39 is 5.97 Å². The molecule has 1 heterocycles. The monoisotopic (exact) mass is 435 g/mol. The van der Waals surface area contributed by atoms with Crippen LogP contribution in [0.5, 0.6) is 23.0 Å². The number of benzene rings is 2. The minimum absolute atomic E-state index is 0.240. The molecule has 1 aromatic heterocycles. The van der Waals surface area contributed by atoms with Gasteiger partial charge in [-0.25, -0.2) is 10.2 Å². The quantitative estimate of drug-likeness (QED) is 0.251. The van der Waals surface area contributed by atoms with Gasteiger partial charge < -0.3 is 18.9 Å². The van der Waals surface area contributed by atoms with Gasteiger partial charge in [0.25, 0.3) is 5.91 Å². The molecule has 0 fully saturated rings. The van der Waals surface area contributed by atoms with Crippen LogP contribution in [-0.2, 0) is 0 Å². The summed E-state index contributed by atoms with van der Waals surface area (Å²) in [6, 6.07) is 12.8. The Labute approximate surface area is 184 Å². The maximum Gasteiger partial charge on any atom is 0.343 e. The zero-order chi connectivity index (χ0) is 22.9. The summed E-state index contributed by atoms with van der Waals surface area (Å²) in [5, 5.41) is 3.92. The number of rotatable bonds is 8. The van der Waals surface area contributed by atoms with Crippen molar-refractivity contribution in [3.05, 3.63) is 77.6 Å². The SMILES string of the molecule is COc1cc(C(=O)Oc2ccc(/C=N/NC(=O)c3ccncc3)cc2)cc(OC)c1OC. The fourth-order valence-electron chi connectivity index (χ4n) is 2.72. The van der Waals surface area contributed by atoms with Crippen molar-refractivity contribution in [1.29, 1.82) is 0 Å². The molecule has 164 valence electrons. The van der Waals surface area contributed by atoms with E-state index >= 15 is 0 Å². The first-order valence-corrected chi connectivity index (χ1v) is 9.41. The second-order valence-corrected chi connectivity index (χ2v) is 6.31. The van der Waals surface area contributed by atoms with E-state index in [2.05, 4.69) is 15.5 Å². The Morgan fingerprint density at radius 2 is 1.50 bits per heavy atom. The van der Waals surface area contributed by atoms with Crippen LogP contribution >= 0.6 is 0 Å². The average Bonchev–Trinajstić information content (AvgIpc) is 2.84. The van der Waals surface area contributed by atoms with E-state index in [4.69, 9.17) is 18.9 Å². The van der Waals surface area contributed by atoms with E-state index in [1.165, 1.54) is 52.1 Å². The van der Waals surface area contributed by atoms with Crippen LogP contribution < -0.4 is 24.4 Å². The smallest absolute Gasteiger partial charge is 0.343 e. The Kier molecular flexibility index (Phi) is 7.37. The molecular formula is C23H21N3O6. The summed E-state index contributed by atoms with van der Waals surface area (Å²) in [6.45, 7) is 0. The third kappa shape index (κ3) is 5.39. The van der Waals surface area contributed by atoms with Crippen molar-refractivity contribution in [2.45, 2.75) is 0 Å². The standard InChI is InChI=1S/C23H21N3O6/c1-29-19-12-17(13-20(30-2)21(19)31-3)23(28)32-18-6-4-15(5-7-18)14-25-26-22(27)16-8-10-24-11-9-16/h4-14H,1-3H3,(H,26,27)/b25-14+. The van der Waals surface area contributed by atoms with Gasteiger partial charge in [0.1, 0.15) is 5.75 Å². The summed E-state index contributed by atoms with van der Waals surface area (Å²) in [6.07, 6.45) is 4.53. The number of hydrogen-bond acceptors (Lipinski definition) is 8. The van der Waals surface area contributed by atoms with Gasteiger partial charge in [0.05, 0.1) is 33.1 Å². The highest BCUT2D eigenvalue weighted by Crippen LogP contribution is 2.38. The van der Waals surface area contributed by atoms with Gasteiger partial charge in [-0.3, -0.25) is 9.78 Å². The van der Waals surface area contributed by atoms with Crippen molar-refractivity contribution in [3.63, 3.8) is 0 Å². The maximum absolute atomic E-state index is 12.6. The van der Waals surface area contributed by atoms with Crippen molar-refractivity contribution >= 4 is 18.1 Å². The summed E-state index contributed by atoms with van der Waals surface area (Å²) in [7, 11) is 4.41. The third-order valence-corrected chi connectivity index (χ3v) is 4.31. The van der Waals surface area contributed by atoms with Gasteiger partial charge in [0.15, 0.2) is 11.5 Å². The molecule has 0 radical (unpaired) electrons. The number of methoxy groups -OCH3 is 3. The Morgan fingerprint density at radius 3 is 2.06 bits per heavy atom. The van der Waals surface area contributed by atoms with Crippen molar-refractivity contribution in [3.8, 4) is 23.0 Å². The van der Waals surface area contributed by atoms with E-state index in [0.717, 1.165) is 0 Å². The van der Waals surface area contributed by atoms with Crippen LogP contribution in [0.1, 0.15) is 26.3 Å². The Bertz CT molecular complexity index is 1090. The molecule has 9 heteroatoms. The Morgan fingerprint density at radius 1 is 0.875 bits per heavy atom. The number of amides is 1. The van der Waals surface area contributed by atoms with Crippen LogP contribution in [0.3, 0.4) is 0 Å².